The molecule has 4 heterocycles. The number of rotatable bonds is 6. The smallest absolute Gasteiger partial charge is 0.329 e. The Morgan fingerprint density at radius 3 is 2.28 bits per heavy atom. The van der Waals surface area contributed by atoms with Gasteiger partial charge in [0.15, 0.2) is 0 Å². The molecular weight excluding hydrogens is 734 g/mol. The van der Waals surface area contributed by atoms with Crippen molar-refractivity contribution in [1.82, 2.24) is 30.7 Å². The minimum atomic E-state index is -1.58. The average Bonchev–Trinajstić information content (AvgIpc) is 3.83. The number of aliphatic hydroxyl groups is 1. The van der Waals surface area contributed by atoms with E-state index in [9.17, 15) is 38.7 Å². The van der Waals surface area contributed by atoms with E-state index in [1.54, 1.807) is 18.2 Å². The van der Waals surface area contributed by atoms with Crippen LogP contribution in [0.4, 0.5) is 10.5 Å². The van der Waals surface area contributed by atoms with Crippen molar-refractivity contribution in [2.75, 3.05) is 25.0 Å². The van der Waals surface area contributed by atoms with Gasteiger partial charge in [-0.3, -0.25) is 24.0 Å². The quantitative estimate of drug-likeness (QED) is 0.267. The van der Waals surface area contributed by atoms with Gasteiger partial charge in [-0.1, -0.05) is 47.5 Å². The number of ether oxygens (including phenoxy) is 1. The number of esters is 1. The van der Waals surface area contributed by atoms with E-state index in [2.05, 4.69) is 21.3 Å². The fourth-order valence-electron chi connectivity index (χ4n) is 8.23. The summed E-state index contributed by atoms with van der Waals surface area (Å²) in [6, 6.07) is 6.87. The van der Waals surface area contributed by atoms with Crippen LogP contribution >= 0.6 is 0 Å². The van der Waals surface area contributed by atoms with E-state index in [4.69, 9.17) is 4.74 Å². The van der Waals surface area contributed by atoms with Gasteiger partial charge in [-0.05, 0) is 77.5 Å². The van der Waals surface area contributed by atoms with Gasteiger partial charge in [0.05, 0.1) is 6.10 Å². The molecule has 2 aromatic rings. The number of anilines is 1. The monoisotopic (exact) mass is 787 g/mol. The maximum Gasteiger partial charge on any atom is 0.329 e. The predicted octanol–water partition coefficient (Wildman–Crippen LogP) is 1.30. The Morgan fingerprint density at radius 1 is 0.842 bits per heavy atom. The molecule has 0 spiro atoms. The Bertz CT molecular complexity index is 1870. The molecule has 0 unspecified atom stereocenters. The van der Waals surface area contributed by atoms with Gasteiger partial charge in [0.1, 0.15) is 42.4 Å². The minimum absolute atomic E-state index is 0.0309. The lowest BCUT2D eigenvalue weighted by molar-refractivity contribution is -0.163. The highest BCUT2D eigenvalue weighted by Gasteiger charge is 2.48. The molecule has 8 atom stereocenters. The first-order chi connectivity index (χ1) is 27.2. The molecule has 4 saturated heterocycles. The lowest BCUT2D eigenvalue weighted by atomic mass is 9.98. The van der Waals surface area contributed by atoms with E-state index in [1.165, 1.54) is 28.5 Å². The highest BCUT2D eigenvalue weighted by atomic mass is 16.5. The molecule has 4 aliphatic heterocycles. The summed E-state index contributed by atoms with van der Waals surface area (Å²) in [6.07, 6.45) is -0.120. The summed E-state index contributed by atoms with van der Waals surface area (Å²) >= 11 is 0. The van der Waals surface area contributed by atoms with E-state index in [0.29, 0.717) is 31.4 Å². The molecular formula is C41H53N7O9. The molecule has 306 valence electrons. The Morgan fingerprint density at radius 2 is 1.54 bits per heavy atom. The first-order valence-corrected chi connectivity index (χ1v) is 19.8. The van der Waals surface area contributed by atoms with Crippen molar-refractivity contribution >= 4 is 47.2 Å². The second-order valence-electron chi connectivity index (χ2n) is 15.7. The third-order valence-electron chi connectivity index (χ3n) is 11.3. The Labute approximate surface area is 332 Å². The number of hydrogen-bond acceptors (Lipinski definition) is 9. The van der Waals surface area contributed by atoms with Crippen molar-refractivity contribution in [2.24, 2.45) is 0 Å². The van der Waals surface area contributed by atoms with Crippen LogP contribution < -0.4 is 21.3 Å². The largest absolute Gasteiger partial charge is 0.458 e. The topological polar surface area (TPSA) is 207 Å². The van der Waals surface area contributed by atoms with Gasteiger partial charge in [-0.15, -0.1) is 0 Å². The molecule has 0 bridgehead atoms. The number of fused-ring (bicyclic) bond motifs is 3. The number of benzene rings is 2. The standard InChI is InChI=1S/C41H53N7O9/c1-23-13-15-28(16-14-23)43-41(56)44-30(20-27-10-7-9-24(2)19-27)35(50)45-34-26(4)57-40(55)32-12-8-18-47(32)37(52)25(3)42-36(51)31-11-5-6-17-46(31)38(53)33-21-29(49)22-48(33)39(34)54/h7,9-10,13-16,19,25-26,29-34,49H,5-6,8,11-12,17-18,20-22H2,1-4H3,(H,42,51)(H,45,50)(H2,43,44,56)/t25-,26-,29+,30-,31-,32-,33-,34-/m0/s1. The molecule has 0 aromatic heterocycles. The summed E-state index contributed by atoms with van der Waals surface area (Å²) in [5.41, 5.74) is 3.13. The molecule has 7 amide bonds. The van der Waals surface area contributed by atoms with Crippen molar-refractivity contribution in [1.29, 1.82) is 0 Å². The zero-order valence-corrected chi connectivity index (χ0v) is 32.9. The van der Waals surface area contributed by atoms with Gasteiger partial charge in [0.2, 0.25) is 29.5 Å². The van der Waals surface area contributed by atoms with Crippen molar-refractivity contribution < 1.29 is 43.4 Å². The zero-order valence-electron chi connectivity index (χ0n) is 32.9. The third kappa shape index (κ3) is 9.55. The number of cyclic esters (lactones) is 1. The SMILES string of the molecule is Cc1ccc(NC(=O)N[C@@H](Cc2cccc(C)c2)C(=O)N[C@@H]2C(=O)N3C[C@H](O)C[C@H]3C(=O)N3CCCC[C@H]3C(=O)N[C@@H](C)C(=O)N3CCC[C@H]3C(=O)O[C@H]2C)cc1. The Balaban J connectivity index is 1.33. The molecule has 0 aliphatic carbocycles. The average molecular weight is 788 g/mol. The van der Waals surface area contributed by atoms with Crippen LogP contribution in [0.5, 0.6) is 0 Å². The summed E-state index contributed by atoms with van der Waals surface area (Å²) in [6.45, 7) is 6.99. The fraction of sp³-hybridized carbons (Fsp3) is 0.537. The van der Waals surface area contributed by atoms with Gasteiger partial charge >= 0.3 is 12.0 Å². The molecule has 6 rings (SSSR count). The molecule has 0 radical (unpaired) electrons. The van der Waals surface area contributed by atoms with Crippen LogP contribution in [-0.4, -0.2) is 129 Å². The highest BCUT2D eigenvalue weighted by Crippen LogP contribution is 2.28. The first kappa shape index (κ1) is 41.1. The number of aliphatic hydroxyl groups excluding tert-OH is 1. The lowest BCUT2D eigenvalue weighted by Gasteiger charge is -2.39. The third-order valence-corrected chi connectivity index (χ3v) is 11.3. The number of nitrogens with one attached hydrogen (secondary N) is 4. The van der Waals surface area contributed by atoms with Gasteiger partial charge in [-0.25, -0.2) is 9.59 Å². The molecule has 2 aromatic carbocycles. The fourth-order valence-corrected chi connectivity index (χ4v) is 8.23. The summed E-state index contributed by atoms with van der Waals surface area (Å²) < 4.78 is 5.89. The number of carbonyl (C=O) groups excluding carboxylic acids is 7. The number of nitrogens with zero attached hydrogens (tertiary/aromatic N) is 3. The zero-order chi connectivity index (χ0) is 41.0. The van der Waals surface area contributed by atoms with Crippen molar-refractivity contribution in [2.45, 2.75) is 121 Å². The summed E-state index contributed by atoms with van der Waals surface area (Å²) in [4.78, 5) is 102. The van der Waals surface area contributed by atoms with Crippen LogP contribution in [0.3, 0.4) is 0 Å². The van der Waals surface area contributed by atoms with Crippen molar-refractivity contribution in [3.8, 4) is 0 Å². The minimum Gasteiger partial charge on any atom is -0.458 e. The summed E-state index contributed by atoms with van der Waals surface area (Å²) in [7, 11) is 0. The Hall–Kier alpha value is -5.51. The van der Waals surface area contributed by atoms with Gasteiger partial charge in [0, 0.05) is 38.2 Å². The second kappa shape index (κ2) is 17.7. The molecule has 0 saturated carbocycles. The maximum atomic E-state index is 14.7. The van der Waals surface area contributed by atoms with E-state index in [0.717, 1.165) is 16.7 Å². The number of piperidine rings is 1. The van der Waals surface area contributed by atoms with E-state index in [1.807, 2.05) is 44.2 Å². The van der Waals surface area contributed by atoms with Crippen molar-refractivity contribution in [3.05, 3.63) is 65.2 Å². The Kier molecular flexibility index (Phi) is 12.8. The maximum absolute atomic E-state index is 14.7. The predicted molar refractivity (Wildman–Crippen MR) is 207 cm³/mol. The molecule has 57 heavy (non-hydrogen) atoms. The molecule has 4 aliphatic rings. The second-order valence-corrected chi connectivity index (χ2v) is 15.7. The molecule has 5 N–H and O–H groups in total. The molecule has 4 fully saturated rings. The highest BCUT2D eigenvalue weighted by molar-refractivity contribution is 5.99. The number of aryl methyl sites for hydroxylation is 2. The van der Waals surface area contributed by atoms with Crippen LogP contribution in [0.25, 0.3) is 0 Å². The molecule has 16 nitrogen and oxygen atoms in total. The number of amides is 7. The normalized spacial score (nSPS) is 27.8. The van der Waals surface area contributed by atoms with E-state index < -0.39 is 90.0 Å². The van der Waals surface area contributed by atoms with Gasteiger partial charge in [0.25, 0.3) is 0 Å². The lowest BCUT2D eigenvalue weighted by Crippen LogP contribution is -2.63. The summed E-state index contributed by atoms with van der Waals surface area (Å²) in [5, 5.41) is 21.8. The van der Waals surface area contributed by atoms with Crippen LogP contribution in [0.1, 0.15) is 69.1 Å². The number of carbonyl (C=O) groups is 7. The van der Waals surface area contributed by atoms with E-state index >= 15 is 0 Å². The van der Waals surface area contributed by atoms with Crippen LogP contribution in [0.2, 0.25) is 0 Å². The van der Waals surface area contributed by atoms with Gasteiger partial charge in [-0.2, -0.15) is 0 Å². The molecule has 16 heteroatoms. The van der Waals surface area contributed by atoms with Gasteiger partial charge < -0.3 is 45.8 Å². The van der Waals surface area contributed by atoms with Crippen LogP contribution in [0, 0.1) is 13.8 Å². The number of urea groups is 1. The van der Waals surface area contributed by atoms with Crippen molar-refractivity contribution in [3.63, 3.8) is 0 Å². The number of hydrogen-bond donors (Lipinski definition) is 5. The van der Waals surface area contributed by atoms with Crippen LogP contribution in [-0.2, 0) is 39.9 Å². The summed E-state index contributed by atoms with van der Waals surface area (Å²) in [5.74, 6) is -3.93. The van der Waals surface area contributed by atoms with E-state index in [-0.39, 0.29) is 38.9 Å². The van der Waals surface area contributed by atoms with Crippen LogP contribution in [0.15, 0.2) is 48.5 Å². The first-order valence-electron chi connectivity index (χ1n) is 19.8.